The van der Waals surface area contributed by atoms with Gasteiger partial charge in [-0.25, -0.2) is 33.2 Å². The van der Waals surface area contributed by atoms with Gasteiger partial charge in [0, 0.05) is 42.7 Å². The Kier molecular flexibility index (Phi) is 8.49. The van der Waals surface area contributed by atoms with E-state index < -0.39 is 21.7 Å². The van der Waals surface area contributed by atoms with Crippen LogP contribution in [-0.2, 0) is 26.1 Å². The van der Waals surface area contributed by atoms with E-state index in [0.29, 0.717) is 92.5 Å². The molecule has 0 bridgehead atoms. The molecule has 2 saturated heterocycles. The van der Waals surface area contributed by atoms with Crippen LogP contribution in [0.2, 0.25) is 0 Å². The van der Waals surface area contributed by atoms with Gasteiger partial charge in [-0.2, -0.15) is 0 Å². The van der Waals surface area contributed by atoms with Crippen molar-refractivity contribution in [1.29, 1.82) is 0 Å². The Hall–Kier alpha value is -3.66. The van der Waals surface area contributed by atoms with Crippen molar-refractivity contribution in [2.75, 3.05) is 62.4 Å². The molecule has 5 rings (SSSR count). The number of carbonyl (C=O) groups excluding carboxylic acids is 1. The monoisotopic (exact) mass is 589 g/mol. The molecule has 1 amide bonds. The number of likely N-dealkylation sites (tertiary alicyclic amines) is 1. The Bertz CT molecular complexity index is 1540. The lowest BCUT2D eigenvalue weighted by atomic mass is 9.95. The molecular formula is C26H32FN7O6S. The van der Waals surface area contributed by atoms with E-state index in [9.17, 15) is 13.2 Å². The van der Waals surface area contributed by atoms with Gasteiger partial charge in [0.1, 0.15) is 11.5 Å². The van der Waals surface area contributed by atoms with E-state index in [1.807, 2.05) is 4.90 Å². The lowest BCUT2D eigenvalue weighted by Crippen LogP contribution is -2.39. The van der Waals surface area contributed by atoms with E-state index >= 15 is 4.39 Å². The molecule has 0 atom stereocenters. The first kappa shape index (κ1) is 28.9. The minimum atomic E-state index is -3.65. The number of carbonyl (C=O) groups is 1. The van der Waals surface area contributed by atoms with Gasteiger partial charge in [-0.3, -0.25) is 19.6 Å². The van der Waals surface area contributed by atoms with Crippen molar-refractivity contribution in [3.05, 3.63) is 35.8 Å². The largest absolute Gasteiger partial charge is 0.480 e. The third kappa shape index (κ3) is 6.64. The molecule has 0 spiro atoms. The summed E-state index contributed by atoms with van der Waals surface area (Å²) < 4.78 is 52.3. The van der Waals surface area contributed by atoms with Gasteiger partial charge < -0.3 is 14.4 Å². The number of benzene rings is 1. The molecule has 0 radical (unpaired) electrons. The standard InChI is InChI=1S/C26H32FN7O6S/c1-39-25-21(32-41(2,37)38)12-17(14-28-25)22-20-13-19(27)11-18(15-33-5-3-16(4-6-33)24(35)31-36)23(20)30-26(29-22)34-7-9-40-10-8-34/h11-14,16,32,36H,3-10,15H2,1-2H3,(H,31,35). The highest BCUT2D eigenvalue weighted by atomic mass is 32.2. The zero-order valence-electron chi connectivity index (χ0n) is 22.8. The second kappa shape index (κ2) is 12.1. The van der Waals surface area contributed by atoms with E-state index in [1.165, 1.54) is 25.4 Å². The van der Waals surface area contributed by atoms with Gasteiger partial charge in [-0.1, -0.05) is 0 Å². The van der Waals surface area contributed by atoms with E-state index in [4.69, 9.17) is 24.6 Å². The number of nitrogens with one attached hydrogen (secondary N) is 2. The number of fused-ring (bicyclic) bond motifs is 1. The maximum absolute atomic E-state index is 15.1. The summed E-state index contributed by atoms with van der Waals surface area (Å²) in [4.78, 5) is 29.9. The smallest absolute Gasteiger partial charge is 0.246 e. The third-order valence-corrected chi connectivity index (χ3v) is 7.79. The molecule has 3 aromatic rings. The molecule has 0 unspecified atom stereocenters. The van der Waals surface area contributed by atoms with Crippen LogP contribution in [-0.4, -0.2) is 92.1 Å². The summed E-state index contributed by atoms with van der Waals surface area (Å²) in [7, 11) is -2.27. The van der Waals surface area contributed by atoms with E-state index in [-0.39, 0.29) is 17.5 Å². The summed E-state index contributed by atoms with van der Waals surface area (Å²) in [6, 6.07) is 4.37. The number of aromatic nitrogens is 3. The fourth-order valence-electron chi connectivity index (χ4n) is 5.20. The number of sulfonamides is 1. The Labute approximate surface area is 236 Å². The van der Waals surface area contributed by atoms with Gasteiger partial charge >= 0.3 is 0 Å². The number of methoxy groups -OCH3 is 1. The van der Waals surface area contributed by atoms with Crippen LogP contribution in [0, 0.1) is 11.7 Å². The number of hydroxylamine groups is 1. The number of halogens is 1. The van der Waals surface area contributed by atoms with Gasteiger partial charge in [-0.05, 0) is 49.7 Å². The van der Waals surface area contributed by atoms with Crippen LogP contribution < -0.4 is 19.8 Å². The van der Waals surface area contributed by atoms with Crippen LogP contribution in [0.5, 0.6) is 5.88 Å². The van der Waals surface area contributed by atoms with Crippen molar-refractivity contribution < 1.29 is 32.3 Å². The third-order valence-electron chi connectivity index (χ3n) is 7.20. The van der Waals surface area contributed by atoms with E-state index in [2.05, 4.69) is 14.6 Å². The van der Waals surface area contributed by atoms with Crippen LogP contribution in [0.3, 0.4) is 0 Å². The number of piperidine rings is 1. The number of amides is 1. The summed E-state index contributed by atoms with van der Waals surface area (Å²) in [6.07, 6.45) is 3.65. The van der Waals surface area contributed by atoms with Crippen LogP contribution in [0.1, 0.15) is 18.4 Å². The molecule has 15 heteroatoms. The number of hydrogen-bond donors (Lipinski definition) is 3. The van der Waals surface area contributed by atoms with Gasteiger partial charge in [0.05, 0.1) is 37.8 Å². The molecule has 0 aliphatic carbocycles. The normalized spacial score (nSPS) is 17.0. The van der Waals surface area contributed by atoms with Crippen molar-refractivity contribution >= 4 is 38.5 Å². The predicted molar refractivity (Wildman–Crippen MR) is 149 cm³/mol. The fraction of sp³-hybridized carbons (Fsp3) is 0.462. The van der Waals surface area contributed by atoms with Crippen LogP contribution in [0.4, 0.5) is 16.0 Å². The lowest BCUT2D eigenvalue weighted by molar-refractivity contribution is -0.134. The van der Waals surface area contributed by atoms with Crippen LogP contribution in [0.15, 0.2) is 24.4 Å². The molecule has 2 aliphatic heterocycles. The second-order valence-corrected chi connectivity index (χ2v) is 11.9. The summed E-state index contributed by atoms with van der Waals surface area (Å²) in [6.45, 7) is 3.74. The topological polar surface area (TPSA) is 159 Å². The van der Waals surface area contributed by atoms with E-state index in [1.54, 1.807) is 11.5 Å². The molecule has 2 fully saturated rings. The maximum Gasteiger partial charge on any atom is 0.246 e. The number of nitrogens with zero attached hydrogens (tertiary/aromatic N) is 5. The number of anilines is 2. The van der Waals surface area contributed by atoms with Gasteiger partial charge in [0.2, 0.25) is 27.8 Å². The molecule has 41 heavy (non-hydrogen) atoms. The zero-order chi connectivity index (χ0) is 29.1. The first-order valence-electron chi connectivity index (χ1n) is 13.2. The minimum Gasteiger partial charge on any atom is -0.480 e. The summed E-state index contributed by atoms with van der Waals surface area (Å²) in [5, 5.41) is 9.41. The Morgan fingerprint density at radius 3 is 2.56 bits per heavy atom. The number of morpholine rings is 1. The Morgan fingerprint density at radius 1 is 1.17 bits per heavy atom. The van der Waals surface area contributed by atoms with Crippen molar-refractivity contribution in [3.8, 4) is 17.1 Å². The van der Waals surface area contributed by atoms with Crippen LogP contribution >= 0.6 is 0 Å². The molecule has 13 nitrogen and oxygen atoms in total. The zero-order valence-corrected chi connectivity index (χ0v) is 23.6. The lowest BCUT2D eigenvalue weighted by Gasteiger charge is -2.31. The predicted octanol–water partition coefficient (Wildman–Crippen LogP) is 1.76. The molecular weight excluding hydrogens is 557 g/mol. The maximum atomic E-state index is 15.1. The highest BCUT2D eigenvalue weighted by Crippen LogP contribution is 2.35. The molecule has 2 aromatic heterocycles. The average molecular weight is 590 g/mol. The first-order valence-corrected chi connectivity index (χ1v) is 15.1. The first-order chi connectivity index (χ1) is 19.6. The highest BCUT2D eigenvalue weighted by molar-refractivity contribution is 7.92. The molecule has 1 aromatic carbocycles. The number of hydrogen-bond acceptors (Lipinski definition) is 11. The average Bonchev–Trinajstić information content (AvgIpc) is 2.96. The van der Waals surface area contributed by atoms with Crippen molar-refractivity contribution in [2.24, 2.45) is 5.92 Å². The number of ether oxygens (including phenoxy) is 2. The Morgan fingerprint density at radius 2 is 1.90 bits per heavy atom. The minimum absolute atomic E-state index is 0.0797. The van der Waals surface area contributed by atoms with Gasteiger partial charge in [0.15, 0.2) is 0 Å². The molecule has 2 aliphatic rings. The highest BCUT2D eigenvalue weighted by Gasteiger charge is 2.26. The Balaban J connectivity index is 1.60. The summed E-state index contributed by atoms with van der Waals surface area (Å²) in [5.74, 6) is -0.626. The molecule has 220 valence electrons. The fourth-order valence-corrected chi connectivity index (χ4v) is 5.75. The van der Waals surface area contributed by atoms with Crippen molar-refractivity contribution in [3.63, 3.8) is 0 Å². The SMILES string of the molecule is COc1ncc(-c2nc(N3CCOCC3)nc3c(CN4CCC(C(=O)NO)CC4)cc(F)cc23)cc1NS(C)(=O)=O. The molecule has 3 N–H and O–H groups in total. The number of rotatable bonds is 8. The summed E-state index contributed by atoms with van der Waals surface area (Å²) in [5.41, 5.74) is 3.90. The van der Waals surface area contributed by atoms with Crippen molar-refractivity contribution in [2.45, 2.75) is 19.4 Å². The van der Waals surface area contributed by atoms with E-state index in [0.717, 1.165) is 6.26 Å². The quantitative estimate of drug-likeness (QED) is 0.260. The summed E-state index contributed by atoms with van der Waals surface area (Å²) >= 11 is 0. The van der Waals surface area contributed by atoms with Crippen LogP contribution in [0.25, 0.3) is 22.2 Å². The van der Waals surface area contributed by atoms with Gasteiger partial charge in [0.25, 0.3) is 0 Å². The number of pyridine rings is 1. The van der Waals surface area contributed by atoms with Crippen molar-refractivity contribution in [1.82, 2.24) is 25.3 Å². The molecule has 0 saturated carbocycles. The second-order valence-electron chi connectivity index (χ2n) is 10.1. The van der Waals surface area contributed by atoms with Gasteiger partial charge in [-0.15, -0.1) is 0 Å². The molecule has 4 heterocycles.